The molecule has 7 heteroatoms. The predicted octanol–water partition coefficient (Wildman–Crippen LogP) is 2.50. The van der Waals surface area contributed by atoms with E-state index >= 15 is 0 Å². The molecule has 0 atom stereocenters. The van der Waals surface area contributed by atoms with E-state index in [2.05, 4.69) is 19.9 Å². The highest BCUT2D eigenvalue weighted by atomic mass is 16.5. The molecule has 1 N–H and O–H groups in total. The molecule has 0 aliphatic heterocycles. The Morgan fingerprint density at radius 1 is 1.17 bits per heavy atom. The molecule has 0 fully saturated rings. The maximum absolute atomic E-state index is 5.74. The molecule has 0 aliphatic carbocycles. The molecule has 24 heavy (non-hydrogen) atoms. The van der Waals surface area contributed by atoms with Crippen LogP contribution in [0.2, 0.25) is 0 Å². The molecule has 0 radical (unpaired) electrons. The summed E-state index contributed by atoms with van der Waals surface area (Å²) in [6.07, 6.45) is 2.60. The maximum Gasteiger partial charge on any atom is 0.226 e. The van der Waals surface area contributed by atoms with E-state index in [9.17, 15) is 0 Å². The Hall–Kier alpha value is -2.67. The van der Waals surface area contributed by atoms with Crippen molar-refractivity contribution in [2.24, 2.45) is 0 Å². The van der Waals surface area contributed by atoms with Gasteiger partial charge in [-0.05, 0) is 12.1 Å². The van der Waals surface area contributed by atoms with Gasteiger partial charge in [0.1, 0.15) is 17.1 Å². The number of hydrogen-bond donors (Lipinski definition) is 1. The summed E-state index contributed by atoms with van der Waals surface area (Å²) in [7, 11) is 5.49. The number of fused-ring (bicyclic) bond motifs is 1. The zero-order chi connectivity index (χ0) is 16.9. The van der Waals surface area contributed by atoms with Crippen molar-refractivity contribution in [2.75, 3.05) is 39.3 Å². The Balaban J connectivity index is 1.82. The lowest BCUT2D eigenvalue weighted by atomic mass is 10.2. The third kappa shape index (κ3) is 3.62. The van der Waals surface area contributed by atoms with Crippen LogP contribution in [0.25, 0.3) is 22.6 Å². The Morgan fingerprint density at radius 2 is 2.04 bits per heavy atom. The van der Waals surface area contributed by atoms with Gasteiger partial charge in [0.05, 0.1) is 12.8 Å². The molecule has 2 aromatic heterocycles. The minimum Gasteiger partial charge on any atom is -0.493 e. The lowest BCUT2D eigenvalue weighted by Crippen LogP contribution is -2.12. The van der Waals surface area contributed by atoms with Gasteiger partial charge in [0.25, 0.3) is 0 Å². The van der Waals surface area contributed by atoms with Crippen LogP contribution in [0.15, 0.2) is 30.5 Å². The normalized spacial score (nSPS) is 11.0. The molecule has 0 aliphatic rings. The highest BCUT2D eigenvalue weighted by Crippen LogP contribution is 2.24. The average Bonchev–Trinajstić information content (AvgIpc) is 3.02. The number of methoxy groups -OCH3 is 1. The number of rotatable bonds is 7. The summed E-state index contributed by atoms with van der Waals surface area (Å²) < 4.78 is 10.8. The number of nitrogens with one attached hydrogen (secondary N) is 1. The molecule has 0 saturated carbocycles. The fourth-order valence-corrected chi connectivity index (χ4v) is 2.28. The Labute approximate surface area is 140 Å². The number of H-pyrrole nitrogens is 1. The fraction of sp³-hybridized carbons (Fsp3) is 0.353. The second kappa shape index (κ2) is 7.27. The summed E-state index contributed by atoms with van der Waals surface area (Å²) >= 11 is 0. The molecule has 0 amide bonds. The predicted molar refractivity (Wildman–Crippen MR) is 93.4 cm³/mol. The average molecular weight is 327 g/mol. The van der Waals surface area contributed by atoms with E-state index in [0.29, 0.717) is 24.8 Å². The highest BCUT2D eigenvalue weighted by molar-refractivity contribution is 5.76. The minimum absolute atomic E-state index is 0.620. The van der Waals surface area contributed by atoms with Gasteiger partial charge >= 0.3 is 0 Å². The van der Waals surface area contributed by atoms with E-state index in [1.165, 1.54) is 0 Å². The molecule has 0 spiro atoms. The van der Waals surface area contributed by atoms with Gasteiger partial charge in [0, 0.05) is 39.8 Å². The monoisotopic (exact) mass is 327 g/mol. The number of anilines is 1. The van der Waals surface area contributed by atoms with Crippen LogP contribution in [0.5, 0.6) is 5.75 Å². The summed E-state index contributed by atoms with van der Waals surface area (Å²) in [5.41, 5.74) is 2.40. The zero-order valence-electron chi connectivity index (χ0n) is 14.1. The number of nitrogens with zero attached hydrogens (tertiary/aromatic N) is 4. The van der Waals surface area contributed by atoms with E-state index < -0.39 is 0 Å². The van der Waals surface area contributed by atoms with Crippen LogP contribution in [0.4, 0.5) is 5.95 Å². The van der Waals surface area contributed by atoms with Crippen LogP contribution in [-0.4, -0.2) is 54.4 Å². The fourth-order valence-electron chi connectivity index (χ4n) is 2.28. The summed E-state index contributed by atoms with van der Waals surface area (Å²) in [5.74, 6) is 2.19. The van der Waals surface area contributed by atoms with Crippen LogP contribution < -0.4 is 9.64 Å². The second-order valence-electron chi connectivity index (χ2n) is 5.61. The number of benzene rings is 1. The number of hydrogen-bond acceptors (Lipinski definition) is 6. The SMILES string of the molecule is COCCCOc1cccc(-c2nc3nc(N(C)C)ncc3[nH]2)c1. The quantitative estimate of drug-likeness (QED) is 0.672. The van der Waals surface area contributed by atoms with Crippen LogP contribution in [0.3, 0.4) is 0 Å². The molecule has 2 heterocycles. The van der Waals surface area contributed by atoms with Crippen molar-refractivity contribution in [1.29, 1.82) is 0 Å². The molecule has 1 aromatic carbocycles. The van der Waals surface area contributed by atoms with Gasteiger partial charge < -0.3 is 19.4 Å². The highest BCUT2D eigenvalue weighted by Gasteiger charge is 2.09. The number of aromatic nitrogens is 4. The zero-order valence-corrected chi connectivity index (χ0v) is 14.1. The van der Waals surface area contributed by atoms with Gasteiger partial charge in [-0.25, -0.2) is 9.97 Å². The van der Waals surface area contributed by atoms with Gasteiger partial charge in [-0.3, -0.25) is 0 Å². The second-order valence-corrected chi connectivity index (χ2v) is 5.61. The van der Waals surface area contributed by atoms with E-state index in [4.69, 9.17) is 9.47 Å². The van der Waals surface area contributed by atoms with Crippen LogP contribution in [-0.2, 0) is 4.74 Å². The van der Waals surface area contributed by atoms with E-state index in [-0.39, 0.29) is 0 Å². The van der Waals surface area contributed by atoms with Gasteiger partial charge in [-0.2, -0.15) is 4.98 Å². The lowest BCUT2D eigenvalue weighted by molar-refractivity contribution is 0.172. The first kappa shape index (κ1) is 16.2. The molecule has 3 aromatic rings. The first-order valence-corrected chi connectivity index (χ1v) is 7.79. The van der Waals surface area contributed by atoms with Crippen LogP contribution in [0.1, 0.15) is 6.42 Å². The third-order valence-electron chi connectivity index (χ3n) is 3.50. The van der Waals surface area contributed by atoms with Gasteiger partial charge in [0.15, 0.2) is 5.65 Å². The Bertz CT molecular complexity index is 816. The standard InChI is InChI=1S/C17H21N5O2/c1-22(2)17-18-11-14-16(21-17)20-15(19-14)12-6-4-7-13(10-12)24-9-5-8-23-3/h4,6-7,10-11H,5,8-9H2,1-3H3,(H,18,19,20,21). The van der Waals surface area contributed by atoms with Gasteiger partial charge in [-0.1, -0.05) is 12.1 Å². The van der Waals surface area contributed by atoms with E-state index in [1.54, 1.807) is 13.3 Å². The lowest BCUT2D eigenvalue weighted by Gasteiger charge is -2.07. The topological polar surface area (TPSA) is 76.2 Å². The van der Waals surface area contributed by atoms with E-state index in [0.717, 1.165) is 29.1 Å². The van der Waals surface area contributed by atoms with E-state index in [1.807, 2.05) is 43.3 Å². The van der Waals surface area contributed by atoms with Crippen molar-refractivity contribution in [2.45, 2.75) is 6.42 Å². The Kier molecular flexibility index (Phi) is 4.90. The number of ether oxygens (including phenoxy) is 2. The maximum atomic E-state index is 5.74. The first-order valence-electron chi connectivity index (χ1n) is 7.79. The molecular weight excluding hydrogens is 306 g/mol. The number of aromatic amines is 1. The molecule has 0 saturated heterocycles. The Morgan fingerprint density at radius 3 is 2.83 bits per heavy atom. The van der Waals surface area contributed by atoms with Crippen molar-refractivity contribution < 1.29 is 9.47 Å². The molecule has 126 valence electrons. The van der Waals surface area contributed by atoms with Gasteiger partial charge in [0.2, 0.25) is 5.95 Å². The van der Waals surface area contributed by atoms with Crippen molar-refractivity contribution >= 4 is 17.1 Å². The van der Waals surface area contributed by atoms with Crippen molar-refractivity contribution in [3.63, 3.8) is 0 Å². The third-order valence-corrected chi connectivity index (χ3v) is 3.50. The van der Waals surface area contributed by atoms with Crippen molar-refractivity contribution in [3.8, 4) is 17.1 Å². The van der Waals surface area contributed by atoms with Crippen molar-refractivity contribution in [3.05, 3.63) is 30.5 Å². The summed E-state index contributed by atoms with van der Waals surface area (Å²) in [4.78, 5) is 18.4. The molecule has 0 unspecified atom stereocenters. The summed E-state index contributed by atoms with van der Waals surface area (Å²) in [6, 6.07) is 7.83. The molecular formula is C17H21N5O2. The minimum atomic E-state index is 0.620. The summed E-state index contributed by atoms with van der Waals surface area (Å²) in [6.45, 7) is 1.31. The van der Waals surface area contributed by atoms with Crippen LogP contribution in [0, 0.1) is 0 Å². The number of imidazole rings is 1. The first-order chi connectivity index (χ1) is 11.7. The smallest absolute Gasteiger partial charge is 0.226 e. The van der Waals surface area contributed by atoms with Crippen molar-refractivity contribution in [1.82, 2.24) is 19.9 Å². The van der Waals surface area contributed by atoms with Gasteiger partial charge in [-0.15, -0.1) is 0 Å². The van der Waals surface area contributed by atoms with Crippen LogP contribution >= 0.6 is 0 Å². The summed E-state index contributed by atoms with van der Waals surface area (Å²) in [5, 5.41) is 0. The largest absolute Gasteiger partial charge is 0.493 e. The molecule has 3 rings (SSSR count). The molecule has 0 bridgehead atoms. The molecule has 7 nitrogen and oxygen atoms in total.